The van der Waals surface area contributed by atoms with Gasteiger partial charge in [0.05, 0.1) is 17.3 Å². The summed E-state index contributed by atoms with van der Waals surface area (Å²) in [7, 11) is 0. The van der Waals surface area contributed by atoms with Gasteiger partial charge in [-0.1, -0.05) is 78.9 Å². The third-order valence-corrected chi connectivity index (χ3v) is 5.74. The number of aliphatic imine (C=N–C) groups is 1. The molecule has 0 spiro atoms. The first kappa shape index (κ1) is 19.2. The minimum atomic E-state index is 0.233. The molecule has 2 aromatic carbocycles. The Morgan fingerprint density at radius 2 is 1.45 bits per heavy atom. The number of nitrogens with zero attached hydrogens (tertiary/aromatic N) is 2. The number of fused-ring (bicyclic) bond motifs is 1. The number of rotatable bonds is 5. The van der Waals surface area contributed by atoms with Gasteiger partial charge in [0.15, 0.2) is 0 Å². The molecule has 1 unspecified atom stereocenters. The Morgan fingerprint density at radius 3 is 2.00 bits per heavy atom. The maximum atomic E-state index is 5.21. The van der Waals surface area contributed by atoms with E-state index < -0.39 is 0 Å². The summed E-state index contributed by atoms with van der Waals surface area (Å²) in [5.74, 6) is 0.233. The molecular weight excluding hydrogens is 352 g/mol. The van der Waals surface area contributed by atoms with Gasteiger partial charge in [0, 0.05) is 24.4 Å². The molecule has 2 aliphatic rings. The third-order valence-electron chi connectivity index (χ3n) is 5.74. The van der Waals surface area contributed by atoms with Crippen molar-refractivity contribution in [3.05, 3.63) is 113 Å². The first-order valence-electron chi connectivity index (χ1n) is 10.5. The van der Waals surface area contributed by atoms with Crippen molar-refractivity contribution < 1.29 is 0 Å². The molecule has 0 radical (unpaired) electrons. The molecule has 1 aliphatic heterocycles. The zero-order valence-electron chi connectivity index (χ0n) is 17.5. The quantitative estimate of drug-likeness (QED) is 0.598. The van der Waals surface area contributed by atoms with Gasteiger partial charge in [-0.15, -0.1) is 0 Å². The van der Waals surface area contributed by atoms with Crippen LogP contribution in [0.1, 0.15) is 31.9 Å². The summed E-state index contributed by atoms with van der Waals surface area (Å²) in [6, 6.07) is 21.3. The molecule has 1 atom stereocenters. The Bertz CT molecular complexity index is 975. The zero-order chi connectivity index (χ0) is 20.2. The van der Waals surface area contributed by atoms with Gasteiger partial charge in [-0.25, -0.2) is 0 Å². The fraction of sp³-hybridized carbons (Fsp3) is 0.222. The van der Waals surface area contributed by atoms with Crippen molar-refractivity contribution in [2.24, 2.45) is 10.9 Å². The monoisotopic (exact) mass is 380 g/mol. The minimum Gasteiger partial charge on any atom is -0.374 e. The van der Waals surface area contributed by atoms with E-state index in [0.717, 1.165) is 24.5 Å². The van der Waals surface area contributed by atoms with E-state index >= 15 is 0 Å². The zero-order valence-corrected chi connectivity index (χ0v) is 17.5. The van der Waals surface area contributed by atoms with Gasteiger partial charge in [-0.3, -0.25) is 4.99 Å². The van der Waals surface area contributed by atoms with Crippen LogP contribution in [0.5, 0.6) is 0 Å². The van der Waals surface area contributed by atoms with E-state index in [2.05, 4.69) is 111 Å². The summed E-state index contributed by atoms with van der Waals surface area (Å²) in [5, 5.41) is 0. The molecule has 0 amide bonds. The van der Waals surface area contributed by atoms with Crippen LogP contribution in [-0.4, -0.2) is 23.7 Å². The van der Waals surface area contributed by atoms with Gasteiger partial charge < -0.3 is 4.90 Å². The summed E-state index contributed by atoms with van der Waals surface area (Å²) in [6.07, 6.45) is 8.67. The molecule has 0 saturated carbocycles. The van der Waals surface area contributed by atoms with E-state index in [1.165, 1.54) is 28.0 Å². The highest BCUT2D eigenvalue weighted by Crippen LogP contribution is 2.39. The van der Waals surface area contributed by atoms with Crippen molar-refractivity contribution in [3.63, 3.8) is 0 Å². The molecule has 2 aromatic rings. The molecule has 4 rings (SSSR count). The van der Waals surface area contributed by atoms with Gasteiger partial charge in [-0.05, 0) is 43.5 Å². The lowest BCUT2D eigenvalue weighted by Gasteiger charge is -2.36. The lowest BCUT2D eigenvalue weighted by molar-refractivity contribution is 0.359. The van der Waals surface area contributed by atoms with Crippen molar-refractivity contribution in [1.82, 2.24) is 4.90 Å². The van der Waals surface area contributed by atoms with Gasteiger partial charge in [0.25, 0.3) is 0 Å². The maximum absolute atomic E-state index is 5.21. The first-order chi connectivity index (χ1) is 14.2. The largest absolute Gasteiger partial charge is 0.374 e. The molecule has 2 heteroatoms. The smallest absolute Gasteiger partial charge is 0.0764 e. The first-order valence-corrected chi connectivity index (χ1v) is 10.5. The number of allylic oxidation sites excluding steroid dienone is 5. The Labute approximate surface area is 174 Å². The van der Waals surface area contributed by atoms with E-state index in [1.54, 1.807) is 0 Å². The van der Waals surface area contributed by atoms with E-state index in [9.17, 15) is 0 Å². The number of hydrogen-bond donors (Lipinski definition) is 0. The van der Waals surface area contributed by atoms with E-state index in [4.69, 9.17) is 4.99 Å². The number of dihydropyridines is 1. The summed E-state index contributed by atoms with van der Waals surface area (Å²) >= 11 is 0. The van der Waals surface area contributed by atoms with Crippen molar-refractivity contribution >= 4 is 11.3 Å². The Kier molecular flexibility index (Phi) is 5.62. The molecule has 0 aromatic heterocycles. The number of hydrogen-bond acceptors (Lipinski definition) is 2. The summed E-state index contributed by atoms with van der Waals surface area (Å²) in [6.45, 7) is 8.68. The predicted octanol–water partition coefficient (Wildman–Crippen LogP) is 6.26. The highest BCUT2D eigenvalue weighted by Gasteiger charge is 2.30. The third kappa shape index (κ3) is 3.63. The van der Waals surface area contributed by atoms with E-state index in [1.807, 2.05) is 0 Å². The Balaban J connectivity index is 2.03. The molecular formula is C27H28N2. The standard InChI is InChI=1S/C27H28N2/c1-4-29(5-2)27-20(3)26(28-24-19-13-12-18-23(24)27)25(21-14-8-6-9-15-21)22-16-10-7-11-17-22/h6-19,23H,4-5H2,1-3H3. The second-order valence-corrected chi connectivity index (χ2v) is 7.40. The molecule has 0 fully saturated rings. The normalized spacial score (nSPS) is 17.8. The molecule has 0 saturated heterocycles. The highest BCUT2D eigenvalue weighted by atomic mass is 15.1. The van der Waals surface area contributed by atoms with Crippen LogP contribution in [0, 0.1) is 5.92 Å². The van der Waals surface area contributed by atoms with Crippen LogP contribution in [-0.2, 0) is 0 Å². The van der Waals surface area contributed by atoms with E-state index in [0.29, 0.717) is 0 Å². The molecule has 1 aliphatic carbocycles. The average Bonchev–Trinajstić information content (AvgIpc) is 2.78. The second-order valence-electron chi connectivity index (χ2n) is 7.40. The maximum Gasteiger partial charge on any atom is 0.0764 e. The summed E-state index contributed by atoms with van der Waals surface area (Å²) < 4.78 is 0. The summed E-state index contributed by atoms with van der Waals surface area (Å²) in [4.78, 5) is 7.69. The van der Waals surface area contributed by atoms with Gasteiger partial charge in [0.1, 0.15) is 0 Å². The van der Waals surface area contributed by atoms with Crippen LogP contribution in [0.25, 0.3) is 5.57 Å². The van der Waals surface area contributed by atoms with Gasteiger partial charge in [-0.2, -0.15) is 0 Å². The lowest BCUT2D eigenvalue weighted by Crippen LogP contribution is -2.33. The topological polar surface area (TPSA) is 15.6 Å². The lowest BCUT2D eigenvalue weighted by atomic mass is 9.84. The Hall–Kier alpha value is -3.13. The average molecular weight is 381 g/mol. The molecule has 29 heavy (non-hydrogen) atoms. The number of benzene rings is 2. The Morgan fingerprint density at radius 1 is 0.862 bits per heavy atom. The molecule has 2 nitrogen and oxygen atoms in total. The van der Waals surface area contributed by atoms with Crippen LogP contribution in [0.15, 0.2) is 107 Å². The molecule has 146 valence electrons. The molecule has 0 bridgehead atoms. The van der Waals surface area contributed by atoms with Gasteiger partial charge >= 0.3 is 0 Å². The fourth-order valence-electron chi connectivity index (χ4n) is 4.33. The predicted molar refractivity (Wildman–Crippen MR) is 124 cm³/mol. The van der Waals surface area contributed by atoms with Crippen molar-refractivity contribution in [3.8, 4) is 0 Å². The van der Waals surface area contributed by atoms with Crippen molar-refractivity contribution in [2.45, 2.75) is 20.8 Å². The minimum absolute atomic E-state index is 0.233. The fourth-order valence-corrected chi connectivity index (χ4v) is 4.33. The van der Waals surface area contributed by atoms with Gasteiger partial charge in [0.2, 0.25) is 0 Å². The molecule has 0 N–H and O–H groups in total. The van der Waals surface area contributed by atoms with Crippen LogP contribution < -0.4 is 0 Å². The highest BCUT2D eigenvalue weighted by molar-refractivity contribution is 6.04. The van der Waals surface area contributed by atoms with Crippen LogP contribution in [0.3, 0.4) is 0 Å². The summed E-state index contributed by atoms with van der Waals surface area (Å²) in [5.41, 5.74) is 8.44. The van der Waals surface area contributed by atoms with Crippen molar-refractivity contribution in [2.75, 3.05) is 13.1 Å². The van der Waals surface area contributed by atoms with Crippen LogP contribution in [0.2, 0.25) is 0 Å². The molecule has 1 heterocycles. The SMILES string of the molecule is CCN(CC)C1=C(C)C(=C(c2ccccc2)c2ccccc2)N=C2C=CC=CC21. The van der Waals surface area contributed by atoms with E-state index in [-0.39, 0.29) is 5.92 Å². The van der Waals surface area contributed by atoms with Crippen LogP contribution >= 0.6 is 0 Å². The van der Waals surface area contributed by atoms with Crippen LogP contribution in [0.4, 0.5) is 0 Å². The van der Waals surface area contributed by atoms with Crippen molar-refractivity contribution in [1.29, 1.82) is 0 Å². The second kappa shape index (κ2) is 8.48.